The second-order valence-corrected chi connectivity index (χ2v) is 4.77. The van der Waals surface area contributed by atoms with Crippen LogP contribution in [0.2, 0.25) is 0 Å². The minimum Gasteiger partial charge on any atom is -0.478 e. The van der Waals surface area contributed by atoms with E-state index in [1.807, 2.05) is 0 Å². The molecule has 15 heavy (non-hydrogen) atoms. The first-order valence-corrected chi connectivity index (χ1v) is 4.91. The van der Waals surface area contributed by atoms with E-state index in [1.165, 1.54) is 0 Å². The first kappa shape index (κ1) is 11.7. The van der Waals surface area contributed by atoms with E-state index in [0.29, 0.717) is 5.56 Å². The molecule has 0 bridgehead atoms. The Morgan fingerprint density at radius 2 is 1.73 bits per heavy atom. The fraction of sp³-hybridized carbons (Fsp3) is 0.417. The van der Waals surface area contributed by atoms with Gasteiger partial charge in [-0.3, -0.25) is 0 Å². The summed E-state index contributed by atoms with van der Waals surface area (Å²) in [6.07, 6.45) is 0. The molecule has 1 atom stereocenters. The SMILES string of the molecule is CC(C)(C)C(N)c1ccc(C(=O)O)cc1. The Bertz CT molecular complexity index is 349. The average molecular weight is 207 g/mol. The third-order valence-electron chi connectivity index (χ3n) is 2.45. The highest BCUT2D eigenvalue weighted by molar-refractivity contribution is 5.87. The molecule has 1 aromatic carbocycles. The number of carbonyl (C=O) groups is 1. The third kappa shape index (κ3) is 2.80. The van der Waals surface area contributed by atoms with Gasteiger partial charge in [-0.2, -0.15) is 0 Å². The molecule has 0 aliphatic carbocycles. The number of benzene rings is 1. The van der Waals surface area contributed by atoms with Crippen LogP contribution in [0.5, 0.6) is 0 Å². The van der Waals surface area contributed by atoms with Crippen molar-refractivity contribution in [3.05, 3.63) is 35.4 Å². The molecule has 0 saturated heterocycles. The normalized spacial score (nSPS) is 13.6. The van der Waals surface area contributed by atoms with Crippen molar-refractivity contribution < 1.29 is 9.90 Å². The highest BCUT2D eigenvalue weighted by atomic mass is 16.4. The summed E-state index contributed by atoms with van der Waals surface area (Å²) in [5.41, 5.74) is 7.28. The first-order chi connectivity index (χ1) is 6.82. The van der Waals surface area contributed by atoms with Gasteiger partial charge in [0.15, 0.2) is 0 Å². The highest BCUT2D eigenvalue weighted by Gasteiger charge is 2.22. The molecular weight excluding hydrogens is 190 g/mol. The van der Waals surface area contributed by atoms with Crippen molar-refractivity contribution in [1.29, 1.82) is 0 Å². The van der Waals surface area contributed by atoms with E-state index >= 15 is 0 Å². The molecule has 0 heterocycles. The Labute approximate surface area is 89.9 Å². The standard InChI is InChI=1S/C12H17NO2/c1-12(2,3)10(13)8-4-6-9(7-5-8)11(14)15/h4-7,10H,13H2,1-3H3,(H,14,15). The molecule has 3 N–H and O–H groups in total. The molecule has 3 nitrogen and oxygen atoms in total. The molecular formula is C12H17NO2. The number of nitrogens with two attached hydrogens (primary N) is 1. The number of aromatic carboxylic acids is 1. The maximum Gasteiger partial charge on any atom is 0.335 e. The number of carboxylic acids is 1. The second kappa shape index (κ2) is 4.03. The largest absolute Gasteiger partial charge is 0.478 e. The van der Waals surface area contributed by atoms with Crippen molar-refractivity contribution in [2.24, 2.45) is 11.1 Å². The van der Waals surface area contributed by atoms with Gasteiger partial charge in [-0.1, -0.05) is 32.9 Å². The predicted molar refractivity (Wildman–Crippen MR) is 59.8 cm³/mol. The summed E-state index contributed by atoms with van der Waals surface area (Å²) in [6, 6.07) is 6.64. The molecule has 0 aromatic heterocycles. The van der Waals surface area contributed by atoms with Crippen LogP contribution in [0.3, 0.4) is 0 Å². The van der Waals surface area contributed by atoms with Gasteiger partial charge in [-0.05, 0) is 23.1 Å². The van der Waals surface area contributed by atoms with Crippen LogP contribution in [-0.2, 0) is 0 Å². The molecule has 1 aromatic rings. The summed E-state index contributed by atoms with van der Waals surface area (Å²) in [6.45, 7) is 6.17. The smallest absolute Gasteiger partial charge is 0.335 e. The Hall–Kier alpha value is -1.35. The topological polar surface area (TPSA) is 63.3 Å². The van der Waals surface area contributed by atoms with E-state index in [9.17, 15) is 4.79 Å². The van der Waals surface area contributed by atoms with Crippen LogP contribution >= 0.6 is 0 Å². The molecule has 1 unspecified atom stereocenters. The van der Waals surface area contributed by atoms with Gasteiger partial charge < -0.3 is 10.8 Å². The van der Waals surface area contributed by atoms with Gasteiger partial charge in [0.2, 0.25) is 0 Å². The molecule has 0 saturated carbocycles. The fourth-order valence-electron chi connectivity index (χ4n) is 1.33. The number of rotatable bonds is 2. The highest BCUT2D eigenvalue weighted by Crippen LogP contribution is 2.30. The maximum absolute atomic E-state index is 10.6. The Kier molecular flexibility index (Phi) is 3.15. The molecule has 0 spiro atoms. The van der Waals surface area contributed by atoms with Crippen LogP contribution < -0.4 is 5.73 Å². The molecule has 1 rings (SSSR count). The maximum atomic E-state index is 10.6. The van der Waals surface area contributed by atoms with Crippen LogP contribution in [0.25, 0.3) is 0 Å². The number of carboxylic acid groups (broad SMARTS) is 1. The molecule has 82 valence electrons. The molecule has 0 aliphatic rings. The van der Waals surface area contributed by atoms with Gasteiger partial charge >= 0.3 is 5.97 Å². The Morgan fingerprint density at radius 3 is 2.07 bits per heavy atom. The first-order valence-electron chi connectivity index (χ1n) is 4.91. The quantitative estimate of drug-likeness (QED) is 0.782. The van der Waals surface area contributed by atoms with Crippen molar-refractivity contribution in [3.63, 3.8) is 0 Å². The average Bonchev–Trinajstić information content (AvgIpc) is 2.15. The molecule has 0 amide bonds. The van der Waals surface area contributed by atoms with E-state index in [4.69, 9.17) is 10.8 Å². The minimum absolute atomic E-state index is 0.0231. The molecule has 0 radical (unpaired) electrons. The van der Waals surface area contributed by atoms with Crippen LogP contribution in [0.15, 0.2) is 24.3 Å². The van der Waals surface area contributed by atoms with E-state index in [2.05, 4.69) is 20.8 Å². The van der Waals surface area contributed by atoms with Gasteiger partial charge in [0.1, 0.15) is 0 Å². The lowest BCUT2D eigenvalue weighted by Gasteiger charge is -2.27. The van der Waals surface area contributed by atoms with Gasteiger partial charge in [-0.25, -0.2) is 4.79 Å². The van der Waals surface area contributed by atoms with E-state index in [-0.39, 0.29) is 11.5 Å². The Morgan fingerprint density at radius 1 is 1.27 bits per heavy atom. The number of hydrogen-bond acceptors (Lipinski definition) is 2. The minimum atomic E-state index is -0.911. The van der Waals surface area contributed by atoms with Crippen molar-refractivity contribution in [3.8, 4) is 0 Å². The van der Waals surface area contributed by atoms with Crippen LogP contribution in [0, 0.1) is 5.41 Å². The lowest BCUT2D eigenvalue weighted by Crippen LogP contribution is -2.26. The summed E-state index contributed by atoms with van der Waals surface area (Å²) in [5.74, 6) is -0.911. The van der Waals surface area contributed by atoms with Crippen LogP contribution in [0.4, 0.5) is 0 Å². The van der Waals surface area contributed by atoms with Gasteiger partial charge in [-0.15, -0.1) is 0 Å². The summed E-state index contributed by atoms with van der Waals surface area (Å²) < 4.78 is 0. The molecule has 0 aliphatic heterocycles. The zero-order chi connectivity index (χ0) is 11.6. The van der Waals surface area contributed by atoms with Crippen molar-refractivity contribution in [1.82, 2.24) is 0 Å². The summed E-state index contributed by atoms with van der Waals surface area (Å²) in [5, 5.41) is 8.74. The lowest BCUT2D eigenvalue weighted by atomic mass is 9.83. The molecule has 0 fully saturated rings. The van der Waals surface area contributed by atoms with Gasteiger partial charge in [0.25, 0.3) is 0 Å². The van der Waals surface area contributed by atoms with Crippen LogP contribution in [0.1, 0.15) is 42.7 Å². The monoisotopic (exact) mass is 207 g/mol. The second-order valence-electron chi connectivity index (χ2n) is 4.77. The summed E-state index contributed by atoms with van der Waals surface area (Å²) >= 11 is 0. The van der Waals surface area contributed by atoms with Gasteiger partial charge in [0, 0.05) is 6.04 Å². The fourth-order valence-corrected chi connectivity index (χ4v) is 1.33. The van der Waals surface area contributed by atoms with E-state index < -0.39 is 5.97 Å². The van der Waals surface area contributed by atoms with E-state index in [0.717, 1.165) is 5.56 Å². The Balaban J connectivity index is 2.94. The van der Waals surface area contributed by atoms with Crippen molar-refractivity contribution >= 4 is 5.97 Å². The third-order valence-corrected chi connectivity index (χ3v) is 2.45. The van der Waals surface area contributed by atoms with Gasteiger partial charge in [0.05, 0.1) is 5.56 Å². The van der Waals surface area contributed by atoms with Crippen molar-refractivity contribution in [2.75, 3.05) is 0 Å². The lowest BCUT2D eigenvalue weighted by molar-refractivity contribution is 0.0697. The molecule has 3 heteroatoms. The summed E-state index contributed by atoms with van der Waals surface area (Å²) in [4.78, 5) is 10.6. The van der Waals surface area contributed by atoms with Crippen molar-refractivity contribution in [2.45, 2.75) is 26.8 Å². The zero-order valence-corrected chi connectivity index (χ0v) is 9.32. The summed E-state index contributed by atoms with van der Waals surface area (Å²) in [7, 11) is 0. The predicted octanol–water partition coefficient (Wildman–Crippen LogP) is 2.43. The zero-order valence-electron chi connectivity index (χ0n) is 9.32. The number of hydrogen-bond donors (Lipinski definition) is 2. The van der Waals surface area contributed by atoms with E-state index in [1.54, 1.807) is 24.3 Å². The van der Waals surface area contributed by atoms with Crippen LogP contribution in [-0.4, -0.2) is 11.1 Å².